The van der Waals surface area contributed by atoms with Gasteiger partial charge in [-0.2, -0.15) is 0 Å². The highest BCUT2D eigenvalue weighted by molar-refractivity contribution is 6.08. The maximum absolute atomic E-state index is 14.8. The lowest BCUT2D eigenvalue weighted by atomic mass is 9.94. The van der Waals surface area contributed by atoms with Crippen molar-refractivity contribution in [3.63, 3.8) is 0 Å². The van der Waals surface area contributed by atoms with Crippen molar-refractivity contribution in [3.05, 3.63) is 114 Å². The Morgan fingerprint density at radius 1 is 0.825 bits per heavy atom. The molecule has 5 fully saturated rings. The monoisotopic (exact) mass is 854 g/mol. The van der Waals surface area contributed by atoms with Crippen LogP contribution in [0.15, 0.2) is 91.6 Å². The molecule has 4 aromatic rings. The summed E-state index contributed by atoms with van der Waals surface area (Å²) in [6.07, 6.45) is 7.51. The summed E-state index contributed by atoms with van der Waals surface area (Å²) in [4.78, 5) is 80.8. The number of likely N-dealkylation sites (tertiary alicyclic amines) is 1. The van der Waals surface area contributed by atoms with Crippen LogP contribution in [0.2, 0.25) is 0 Å². The number of carbonyl (C=O) groups is 5. The van der Waals surface area contributed by atoms with E-state index >= 15 is 0 Å². The quantitative estimate of drug-likeness (QED) is 0.212. The fraction of sp³-hybridized carbons (Fsp3) is 0.449. The van der Waals surface area contributed by atoms with E-state index in [1.165, 1.54) is 12.8 Å². The van der Waals surface area contributed by atoms with Gasteiger partial charge in [-0.25, -0.2) is 10.0 Å². The molecule has 1 saturated carbocycles. The normalized spacial score (nSPS) is 21.6. The third kappa shape index (κ3) is 8.70. The summed E-state index contributed by atoms with van der Waals surface area (Å²) in [5.74, 6) is -0.487. The van der Waals surface area contributed by atoms with Crippen molar-refractivity contribution in [1.82, 2.24) is 39.1 Å². The minimum Gasteiger partial charge on any atom is -0.508 e. The second kappa shape index (κ2) is 18.0. The van der Waals surface area contributed by atoms with Crippen molar-refractivity contribution < 1.29 is 29.1 Å². The molecule has 5 aliphatic rings. The molecule has 0 unspecified atom stereocenters. The number of para-hydroxylation sites is 1. The zero-order valence-corrected chi connectivity index (χ0v) is 36.2. The van der Waals surface area contributed by atoms with E-state index in [0.29, 0.717) is 44.0 Å². The number of phenols is 1. The molecule has 5 amide bonds. The van der Waals surface area contributed by atoms with Crippen molar-refractivity contribution in [2.45, 2.75) is 69.7 Å². The van der Waals surface area contributed by atoms with E-state index in [4.69, 9.17) is 0 Å². The number of rotatable bonds is 12. The van der Waals surface area contributed by atoms with Gasteiger partial charge >= 0.3 is 0 Å². The maximum atomic E-state index is 14.8. The fourth-order valence-corrected chi connectivity index (χ4v) is 10.3. The molecule has 63 heavy (non-hydrogen) atoms. The van der Waals surface area contributed by atoms with Gasteiger partial charge in [-0.3, -0.25) is 28.9 Å². The Kier molecular flexibility index (Phi) is 12.1. The van der Waals surface area contributed by atoms with Crippen LogP contribution < -0.4 is 0 Å². The average Bonchev–Trinajstić information content (AvgIpc) is 4.10. The molecule has 4 saturated heterocycles. The van der Waals surface area contributed by atoms with E-state index < -0.39 is 12.2 Å². The van der Waals surface area contributed by atoms with Crippen LogP contribution in [-0.4, -0.2) is 151 Å². The van der Waals surface area contributed by atoms with Gasteiger partial charge in [-0.1, -0.05) is 66.7 Å². The van der Waals surface area contributed by atoms with Gasteiger partial charge in [-0.05, 0) is 60.9 Å². The molecular formula is C49H58N8O6. The molecule has 3 aromatic carbocycles. The molecule has 4 aliphatic heterocycles. The summed E-state index contributed by atoms with van der Waals surface area (Å²) < 4.78 is 1.94. The lowest BCUT2D eigenvalue weighted by molar-refractivity contribution is -0.205. The molecule has 14 nitrogen and oxygen atoms in total. The van der Waals surface area contributed by atoms with Gasteiger partial charge < -0.3 is 29.3 Å². The van der Waals surface area contributed by atoms with Crippen LogP contribution in [0.25, 0.3) is 10.9 Å². The molecule has 0 radical (unpaired) electrons. The van der Waals surface area contributed by atoms with Crippen LogP contribution in [0.3, 0.4) is 0 Å². The number of piperazine rings is 2. The molecule has 1 aliphatic carbocycles. The van der Waals surface area contributed by atoms with Gasteiger partial charge in [0.2, 0.25) is 23.6 Å². The predicted octanol–water partition coefficient (Wildman–Crippen LogP) is 4.03. The van der Waals surface area contributed by atoms with Gasteiger partial charge in [0.1, 0.15) is 18.0 Å². The number of carbonyl (C=O) groups excluding carboxylic acids is 5. The summed E-state index contributed by atoms with van der Waals surface area (Å²) in [6.45, 7) is 8.86. The summed E-state index contributed by atoms with van der Waals surface area (Å²) in [7, 11) is 1.91. The predicted molar refractivity (Wildman–Crippen MR) is 238 cm³/mol. The highest BCUT2D eigenvalue weighted by Crippen LogP contribution is 2.34. The average molecular weight is 855 g/mol. The highest BCUT2D eigenvalue weighted by atomic mass is 16.3. The lowest BCUT2D eigenvalue weighted by Gasteiger charge is -2.55. The summed E-state index contributed by atoms with van der Waals surface area (Å²) in [5, 5.41) is 14.2. The Morgan fingerprint density at radius 2 is 1.56 bits per heavy atom. The first-order valence-corrected chi connectivity index (χ1v) is 22.6. The Hall–Kier alpha value is -5.99. The number of phenolic OH excluding ortho intramolecular Hbond substituents is 1. The Labute approximate surface area is 368 Å². The number of hydrogen-bond donors (Lipinski definition) is 1. The second-order valence-corrected chi connectivity index (χ2v) is 17.9. The number of benzene rings is 3. The second-order valence-electron chi connectivity index (χ2n) is 17.9. The number of aromatic nitrogens is 1. The molecule has 1 aromatic heterocycles. The minimum absolute atomic E-state index is 0.0742. The van der Waals surface area contributed by atoms with Gasteiger partial charge in [0.05, 0.1) is 24.2 Å². The van der Waals surface area contributed by atoms with Crippen LogP contribution in [0.4, 0.5) is 0 Å². The minimum atomic E-state index is -0.914. The van der Waals surface area contributed by atoms with Crippen molar-refractivity contribution in [3.8, 4) is 5.75 Å². The largest absolute Gasteiger partial charge is 0.508 e. The number of piperidine rings is 1. The molecule has 0 spiro atoms. The Bertz CT molecular complexity index is 2360. The molecule has 1 N–H and O–H groups in total. The van der Waals surface area contributed by atoms with E-state index in [-0.39, 0.29) is 80.2 Å². The van der Waals surface area contributed by atoms with Crippen LogP contribution in [0.1, 0.15) is 59.2 Å². The zero-order chi connectivity index (χ0) is 43.8. The molecule has 14 heteroatoms. The number of fused-ring (bicyclic) bond motifs is 2. The molecule has 5 heterocycles. The fourth-order valence-electron chi connectivity index (χ4n) is 10.3. The first-order chi connectivity index (χ1) is 30.6. The van der Waals surface area contributed by atoms with Crippen molar-refractivity contribution in [2.24, 2.45) is 13.0 Å². The molecule has 0 bridgehead atoms. The molecule has 9 rings (SSSR count). The summed E-state index contributed by atoms with van der Waals surface area (Å²) in [5.41, 5.74) is 4.02. The van der Waals surface area contributed by atoms with E-state index in [1.54, 1.807) is 50.2 Å². The topological polar surface area (TPSA) is 133 Å². The van der Waals surface area contributed by atoms with Crippen LogP contribution in [-0.2, 0) is 45.6 Å². The maximum Gasteiger partial charge on any atom is 0.256 e. The van der Waals surface area contributed by atoms with E-state index in [9.17, 15) is 29.1 Å². The van der Waals surface area contributed by atoms with E-state index in [2.05, 4.69) is 11.5 Å². The third-order valence-corrected chi connectivity index (χ3v) is 13.8. The first-order valence-electron chi connectivity index (χ1n) is 22.6. The van der Waals surface area contributed by atoms with Crippen molar-refractivity contribution in [2.75, 3.05) is 58.9 Å². The number of amides is 5. The van der Waals surface area contributed by atoms with E-state index in [0.717, 1.165) is 53.8 Å². The number of nitrogens with zero attached hydrogens (tertiary/aromatic N) is 8. The zero-order valence-electron chi connectivity index (χ0n) is 36.2. The third-order valence-electron chi connectivity index (χ3n) is 13.8. The summed E-state index contributed by atoms with van der Waals surface area (Å²) in [6, 6.07) is 22.0. The Morgan fingerprint density at radius 3 is 2.25 bits per heavy atom. The smallest absolute Gasteiger partial charge is 0.256 e. The van der Waals surface area contributed by atoms with Gasteiger partial charge in [0, 0.05) is 95.8 Å². The van der Waals surface area contributed by atoms with Crippen LogP contribution in [0.5, 0.6) is 5.75 Å². The SMILES string of the molecule is C=CCN1CC(=O)N2[C@@H](Cc3ccc(O)cc3)C(=O)N(Cc3cccc4c(C(=O)N5CCC(C(=O)N6CCN(C7CC7)CC6)CC5)cn(C)c34)C[C@@H]2N1C(=O)CCc1ccccc1. The van der Waals surface area contributed by atoms with Crippen molar-refractivity contribution in [1.29, 1.82) is 0 Å². The number of hydrogen-bond acceptors (Lipinski definition) is 8. The number of hydrazine groups is 1. The van der Waals surface area contributed by atoms with Crippen LogP contribution >= 0.6 is 0 Å². The molecular weight excluding hydrogens is 797 g/mol. The van der Waals surface area contributed by atoms with Gasteiger partial charge in [0.25, 0.3) is 5.91 Å². The number of aromatic hydroxyl groups is 1. The number of aryl methyl sites for hydroxylation is 2. The molecule has 330 valence electrons. The first kappa shape index (κ1) is 42.3. The van der Waals surface area contributed by atoms with Gasteiger partial charge in [0.15, 0.2) is 0 Å². The van der Waals surface area contributed by atoms with Crippen molar-refractivity contribution >= 4 is 40.4 Å². The Balaban J connectivity index is 0.955. The summed E-state index contributed by atoms with van der Waals surface area (Å²) >= 11 is 0. The molecule has 2 atom stereocenters. The lowest BCUT2D eigenvalue weighted by Crippen LogP contribution is -2.75. The highest BCUT2D eigenvalue weighted by Gasteiger charge is 2.51. The van der Waals surface area contributed by atoms with Gasteiger partial charge in [-0.15, -0.1) is 6.58 Å². The van der Waals surface area contributed by atoms with E-state index in [1.807, 2.05) is 76.1 Å². The standard InChI is InChI=1S/C49H58N8O6/c1-3-22-55-33-45(60)56-42(29-35-12-17-39(58)18-13-35)49(63)54(32-43(56)57(55)44(59)19-14-34-8-5-4-6-9-34)30-37-10-7-11-40-41(31-50(2)46(37)40)48(62)52-23-20-36(21-24-52)47(61)53-27-25-51(26-28-53)38-15-16-38/h3-13,17-18,31,36,38,42-43,58H,1,14-16,19-30,32-33H2,2H3/t42-,43-/m0/s1. The van der Waals surface area contributed by atoms with Crippen LogP contribution in [0, 0.1) is 5.92 Å².